The van der Waals surface area contributed by atoms with E-state index in [2.05, 4.69) is 32.4 Å². The van der Waals surface area contributed by atoms with Crippen LogP contribution in [0.1, 0.15) is 59.8 Å². The molecule has 0 saturated heterocycles. The maximum Gasteiger partial charge on any atom is 0.308 e. The number of allylic oxidation sites excluding steroid dienone is 1. The summed E-state index contributed by atoms with van der Waals surface area (Å²) in [6.45, 7) is 8.42. The standard InChI is InChI=1S/C16H30O4Si/c1-6-7-8-9-10-11-14(20-21-16(2,3)4)13(17)12-15(18)19-5/h10-11,13-14,17H,6-9,12H2,1-5H3/b11-10+/t13-,14+/m1/s1. The topological polar surface area (TPSA) is 55.8 Å². The highest BCUT2D eigenvalue weighted by Gasteiger charge is 2.24. The van der Waals surface area contributed by atoms with Crippen LogP contribution in [0.25, 0.3) is 0 Å². The molecule has 5 heteroatoms. The summed E-state index contributed by atoms with van der Waals surface area (Å²) in [5, 5.41) is 10.2. The predicted molar refractivity (Wildman–Crippen MR) is 86.3 cm³/mol. The van der Waals surface area contributed by atoms with Crippen molar-refractivity contribution in [3.63, 3.8) is 0 Å². The van der Waals surface area contributed by atoms with Crippen molar-refractivity contribution in [1.29, 1.82) is 0 Å². The van der Waals surface area contributed by atoms with Gasteiger partial charge in [-0.15, -0.1) is 0 Å². The van der Waals surface area contributed by atoms with Crippen LogP contribution < -0.4 is 0 Å². The number of unbranched alkanes of at least 4 members (excludes halogenated alkanes) is 3. The number of ether oxygens (including phenoxy) is 1. The predicted octanol–water partition coefficient (Wildman–Crippen LogP) is 3.27. The van der Waals surface area contributed by atoms with E-state index >= 15 is 0 Å². The second-order valence-electron chi connectivity index (χ2n) is 6.21. The van der Waals surface area contributed by atoms with Crippen LogP contribution in [0.2, 0.25) is 5.04 Å². The molecule has 0 aromatic heterocycles. The monoisotopic (exact) mass is 314 g/mol. The van der Waals surface area contributed by atoms with E-state index in [1.165, 1.54) is 20.0 Å². The number of hydrogen-bond donors (Lipinski definition) is 1. The minimum Gasteiger partial charge on any atom is -0.469 e. The molecule has 0 aliphatic carbocycles. The smallest absolute Gasteiger partial charge is 0.308 e. The van der Waals surface area contributed by atoms with Gasteiger partial charge in [-0.1, -0.05) is 52.7 Å². The Bertz CT molecular complexity index is 310. The lowest BCUT2D eigenvalue weighted by Crippen LogP contribution is -2.33. The highest BCUT2D eigenvalue weighted by Crippen LogP contribution is 2.22. The SMILES string of the molecule is CCCCC/C=C/[C@H](O[Si]C(C)(C)C)[C@H](O)CC(=O)OC. The lowest BCUT2D eigenvalue weighted by atomic mass is 10.1. The third-order valence-corrected chi connectivity index (χ3v) is 3.79. The Hall–Kier alpha value is -0.653. The number of methoxy groups -OCH3 is 1. The van der Waals surface area contributed by atoms with Gasteiger partial charge < -0.3 is 14.3 Å². The van der Waals surface area contributed by atoms with Crippen LogP contribution in [0.4, 0.5) is 0 Å². The summed E-state index contributed by atoms with van der Waals surface area (Å²) in [4.78, 5) is 11.3. The Morgan fingerprint density at radius 3 is 2.52 bits per heavy atom. The first kappa shape index (κ1) is 20.3. The van der Waals surface area contributed by atoms with Crippen LogP contribution in [0, 0.1) is 0 Å². The molecule has 0 bridgehead atoms. The molecule has 0 fully saturated rings. The van der Waals surface area contributed by atoms with Crippen molar-refractivity contribution in [2.24, 2.45) is 0 Å². The van der Waals surface area contributed by atoms with Gasteiger partial charge in [0.1, 0.15) is 0 Å². The summed E-state index contributed by atoms with van der Waals surface area (Å²) in [5.74, 6) is -0.422. The quantitative estimate of drug-likeness (QED) is 0.291. The molecule has 0 aromatic rings. The molecule has 4 nitrogen and oxygen atoms in total. The molecule has 2 radical (unpaired) electrons. The third-order valence-electron chi connectivity index (χ3n) is 2.78. The average Bonchev–Trinajstić information content (AvgIpc) is 2.40. The Morgan fingerprint density at radius 2 is 2.00 bits per heavy atom. The largest absolute Gasteiger partial charge is 0.469 e. The molecule has 0 saturated carbocycles. The van der Waals surface area contributed by atoms with Crippen LogP contribution >= 0.6 is 0 Å². The molecule has 0 rings (SSSR count). The van der Waals surface area contributed by atoms with Gasteiger partial charge in [-0.3, -0.25) is 4.79 Å². The van der Waals surface area contributed by atoms with Gasteiger partial charge in [0.05, 0.1) is 25.7 Å². The number of aliphatic hydroxyl groups is 1. The van der Waals surface area contributed by atoms with Gasteiger partial charge in [-0.2, -0.15) is 0 Å². The molecule has 1 N–H and O–H groups in total. The second-order valence-corrected chi connectivity index (χ2v) is 8.15. The zero-order chi connectivity index (χ0) is 16.3. The first-order valence-electron chi connectivity index (χ1n) is 7.64. The zero-order valence-electron chi connectivity index (χ0n) is 14.0. The number of esters is 1. The summed E-state index contributed by atoms with van der Waals surface area (Å²) >= 11 is 0. The van der Waals surface area contributed by atoms with E-state index in [0.29, 0.717) is 0 Å². The zero-order valence-corrected chi connectivity index (χ0v) is 15.0. The number of carbonyl (C=O) groups excluding carboxylic acids is 1. The van der Waals surface area contributed by atoms with E-state index in [0.717, 1.165) is 12.8 Å². The Labute approximate surface area is 131 Å². The van der Waals surface area contributed by atoms with Crippen molar-refractivity contribution in [3.8, 4) is 0 Å². The van der Waals surface area contributed by atoms with Crippen molar-refractivity contribution in [3.05, 3.63) is 12.2 Å². The van der Waals surface area contributed by atoms with Crippen molar-refractivity contribution >= 4 is 15.7 Å². The molecule has 2 atom stereocenters. The van der Waals surface area contributed by atoms with Gasteiger partial charge in [0.2, 0.25) is 9.76 Å². The molecule has 0 unspecified atom stereocenters. The molecule has 0 aromatic carbocycles. The molecule has 0 spiro atoms. The average molecular weight is 314 g/mol. The Kier molecular flexibility index (Phi) is 10.6. The summed E-state index contributed by atoms with van der Waals surface area (Å²) < 4.78 is 10.4. The van der Waals surface area contributed by atoms with Crippen LogP contribution in [-0.2, 0) is 14.0 Å². The van der Waals surface area contributed by atoms with E-state index in [1.807, 2.05) is 12.2 Å². The highest BCUT2D eigenvalue weighted by molar-refractivity contribution is 6.31. The fraction of sp³-hybridized carbons (Fsp3) is 0.812. The number of rotatable bonds is 10. The molecule has 0 heterocycles. The van der Waals surface area contributed by atoms with Gasteiger partial charge in [0.25, 0.3) is 0 Å². The van der Waals surface area contributed by atoms with Gasteiger partial charge in [0.15, 0.2) is 0 Å². The fourth-order valence-corrected chi connectivity index (χ4v) is 2.33. The van der Waals surface area contributed by atoms with E-state index in [4.69, 9.17) is 4.43 Å². The number of aliphatic hydroxyl groups excluding tert-OH is 1. The van der Waals surface area contributed by atoms with Gasteiger partial charge in [0, 0.05) is 0 Å². The van der Waals surface area contributed by atoms with Crippen LogP contribution in [-0.4, -0.2) is 40.2 Å². The first-order chi connectivity index (χ1) is 9.80. The van der Waals surface area contributed by atoms with E-state index in [9.17, 15) is 9.90 Å². The summed E-state index contributed by atoms with van der Waals surface area (Å²) in [6, 6.07) is 0. The van der Waals surface area contributed by atoms with Crippen LogP contribution in [0.3, 0.4) is 0 Å². The third kappa shape index (κ3) is 11.7. The molecule has 0 aliphatic heterocycles. The highest BCUT2D eigenvalue weighted by atomic mass is 28.2. The lowest BCUT2D eigenvalue weighted by Gasteiger charge is -2.24. The van der Waals surface area contributed by atoms with E-state index < -0.39 is 18.2 Å². The summed E-state index contributed by atoms with van der Waals surface area (Å²) in [7, 11) is 1.58. The fourth-order valence-electron chi connectivity index (χ4n) is 1.60. The molecule has 21 heavy (non-hydrogen) atoms. The van der Waals surface area contributed by atoms with Crippen molar-refractivity contribution in [2.75, 3.05) is 7.11 Å². The Morgan fingerprint density at radius 1 is 1.33 bits per heavy atom. The normalized spacial score (nSPS) is 15.1. The minimum atomic E-state index is -0.866. The van der Waals surface area contributed by atoms with Crippen LogP contribution in [0.5, 0.6) is 0 Å². The van der Waals surface area contributed by atoms with Gasteiger partial charge in [-0.25, -0.2) is 0 Å². The second kappa shape index (κ2) is 11.0. The van der Waals surface area contributed by atoms with E-state index in [-0.39, 0.29) is 21.2 Å². The maximum atomic E-state index is 11.3. The molecule has 0 amide bonds. The van der Waals surface area contributed by atoms with Crippen molar-refractivity contribution < 1.29 is 19.1 Å². The summed E-state index contributed by atoms with van der Waals surface area (Å²) in [6.07, 6.45) is 7.03. The van der Waals surface area contributed by atoms with Gasteiger partial charge >= 0.3 is 5.97 Å². The van der Waals surface area contributed by atoms with E-state index in [1.54, 1.807) is 0 Å². The van der Waals surface area contributed by atoms with Crippen LogP contribution in [0.15, 0.2) is 12.2 Å². The molecule has 122 valence electrons. The van der Waals surface area contributed by atoms with Crippen molar-refractivity contribution in [1.82, 2.24) is 0 Å². The summed E-state index contributed by atoms with van der Waals surface area (Å²) in [5.41, 5.74) is 0. The first-order valence-corrected chi connectivity index (χ1v) is 8.55. The number of hydrogen-bond acceptors (Lipinski definition) is 4. The maximum absolute atomic E-state index is 11.3. The minimum absolute atomic E-state index is 0.0410. The van der Waals surface area contributed by atoms with Crippen molar-refractivity contribution in [2.45, 2.75) is 77.0 Å². The lowest BCUT2D eigenvalue weighted by molar-refractivity contribution is -0.143. The molecule has 0 aliphatic rings. The molecular weight excluding hydrogens is 284 g/mol. The van der Waals surface area contributed by atoms with Gasteiger partial charge in [-0.05, 0) is 17.9 Å². The number of carbonyl (C=O) groups is 1. The molecular formula is C16H30O4Si. The Balaban J connectivity index is 4.48.